The zero-order chi connectivity index (χ0) is 27.1. The third-order valence-corrected chi connectivity index (χ3v) is 13.0. The summed E-state index contributed by atoms with van der Waals surface area (Å²) >= 11 is 0. The molecule has 0 unspecified atom stereocenters. The number of hydrogen-bond acceptors (Lipinski definition) is 3. The Labute approximate surface area is 229 Å². The average molecular weight is 528 g/mol. The summed E-state index contributed by atoms with van der Waals surface area (Å²) in [7, 11) is -2.89. The molecule has 2 aliphatic heterocycles. The van der Waals surface area contributed by atoms with Crippen LogP contribution in [0.4, 0.5) is 0 Å². The quantitative estimate of drug-likeness (QED) is 0.291. The van der Waals surface area contributed by atoms with Gasteiger partial charge in [-0.3, -0.25) is 4.79 Å². The molecule has 0 saturated carbocycles. The van der Waals surface area contributed by atoms with Crippen LogP contribution in [0, 0.1) is 5.92 Å². The molecule has 3 aromatic rings. The molecule has 0 aromatic heterocycles. The van der Waals surface area contributed by atoms with Crippen molar-refractivity contribution in [2.45, 2.75) is 76.9 Å². The molecule has 0 spiro atoms. The van der Waals surface area contributed by atoms with Crippen molar-refractivity contribution in [2.24, 2.45) is 5.92 Å². The fourth-order valence-corrected chi connectivity index (χ4v) is 11.2. The number of carbonyl (C=O) groups is 1. The van der Waals surface area contributed by atoms with Crippen molar-refractivity contribution < 1.29 is 14.0 Å². The standard InChI is InChI=1S/C33H41NO3Si/c1-32(2,3)36-27-22-23-34-29(27)28(31(34)35)30(24-16-10-7-11-17-24)37-38(33(4,5)6,25-18-12-8-13-19-25)26-20-14-9-15-21-26/h7-21,27-30H,22-23H2,1-6H3/t27-,28+,29-,30-/m0/s1. The summed E-state index contributed by atoms with van der Waals surface area (Å²) in [6.45, 7) is 13.9. The molecule has 2 saturated heterocycles. The van der Waals surface area contributed by atoms with Crippen molar-refractivity contribution in [1.29, 1.82) is 0 Å². The molecule has 2 aliphatic rings. The predicted molar refractivity (Wildman–Crippen MR) is 156 cm³/mol. The molecule has 0 N–H and O–H groups in total. The van der Waals surface area contributed by atoms with Crippen LogP contribution in [0.15, 0.2) is 91.0 Å². The van der Waals surface area contributed by atoms with Gasteiger partial charge in [0.25, 0.3) is 8.32 Å². The van der Waals surface area contributed by atoms with E-state index in [1.807, 2.05) is 11.0 Å². The number of nitrogens with zero attached hydrogens (tertiary/aromatic N) is 1. The minimum absolute atomic E-state index is 0.00617. The highest BCUT2D eigenvalue weighted by Crippen LogP contribution is 2.49. The van der Waals surface area contributed by atoms with E-state index in [4.69, 9.17) is 9.16 Å². The average Bonchev–Trinajstić information content (AvgIpc) is 3.24. The van der Waals surface area contributed by atoms with E-state index in [-0.39, 0.29) is 40.7 Å². The van der Waals surface area contributed by atoms with Gasteiger partial charge in [0.05, 0.1) is 29.8 Å². The summed E-state index contributed by atoms with van der Waals surface area (Å²) in [5.41, 5.74) is 0.783. The van der Waals surface area contributed by atoms with E-state index in [1.54, 1.807) is 0 Å². The van der Waals surface area contributed by atoms with Crippen molar-refractivity contribution >= 4 is 24.6 Å². The largest absolute Gasteiger partial charge is 0.400 e. The molecule has 5 heteroatoms. The Kier molecular flexibility index (Phi) is 7.14. The lowest BCUT2D eigenvalue weighted by Crippen LogP contribution is -2.70. The highest BCUT2D eigenvalue weighted by Gasteiger charge is 2.61. The van der Waals surface area contributed by atoms with Gasteiger partial charge in [-0.25, -0.2) is 0 Å². The monoisotopic (exact) mass is 527 g/mol. The highest BCUT2D eigenvalue weighted by atomic mass is 28.4. The lowest BCUT2D eigenvalue weighted by atomic mass is 9.79. The first-order valence-corrected chi connectivity index (χ1v) is 15.8. The van der Waals surface area contributed by atoms with E-state index in [9.17, 15) is 4.79 Å². The zero-order valence-electron chi connectivity index (χ0n) is 23.6. The van der Waals surface area contributed by atoms with Crippen LogP contribution < -0.4 is 10.4 Å². The highest BCUT2D eigenvalue weighted by molar-refractivity contribution is 6.99. The molecule has 4 atom stereocenters. The first-order valence-electron chi connectivity index (χ1n) is 13.8. The first-order chi connectivity index (χ1) is 18.0. The number of amides is 1. The van der Waals surface area contributed by atoms with Crippen molar-refractivity contribution in [3.8, 4) is 0 Å². The van der Waals surface area contributed by atoms with Crippen LogP contribution in [-0.4, -0.2) is 43.4 Å². The van der Waals surface area contributed by atoms with E-state index >= 15 is 0 Å². The lowest BCUT2D eigenvalue weighted by Gasteiger charge is -2.52. The van der Waals surface area contributed by atoms with Gasteiger partial charge < -0.3 is 14.1 Å². The minimum atomic E-state index is -2.89. The molecule has 3 aromatic carbocycles. The number of fused-ring (bicyclic) bond motifs is 1. The van der Waals surface area contributed by atoms with Crippen molar-refractivity contribution in [3.63, 3.8) is 0 Å². The van der Waals surface area contributed by atoms with Gasteiger partial charge in [-0.2, -0.15) is 0 Å². The number of carbonyl (C=O) groups excluding carboxylic acids is 1. The SMILES string of the molecule is CC(C)(C)O[C@H]1CCN2C(=O)[C@@H]([C@@H](O[Si](c3ccccc3)(c3ccccc3)C(C)(C)C)c3ccccc3)[C@H]12. The second kappa shape index (κ2) is 10.1. The Hall–Kier alpha value is -2.73. The molecule has 0 aliphatic carbocycles. The normalized spacial score (nSPS) is 22.6. The van der Waals surface area contributed by atoms with Gasteiger partial charge in [-0.05, 0) is 48.2 Å². The van der Waals surface area contributed by atoms with Gasteiger partial charge >= 0.3 is 0 Å². The molecule has 4 nitrogen and oxygen atoms in total. The van der Waals surface area contributed by atoms with Gasteiger partial charge in [-0.15, -0.1) is 0 Å². The van der Waals surface area contributed by atoms with Crippen molar-refractivity contribution in [1.82, 2.24) is 4.90 Å². The van der Waals surface area contributed by atoms with E-state index in [2.05, 4.69) is 126 Å². The maximum absolute atomic E-state index is 13.8. The molecule has 5 rings (SSSR count). The molecule has 0 bridgehead atoms. The number of ether oxygens (including phenoxy) is 1. The fraction of sp³-hybridized carbons (Fsp3) is 0.424. The van der Waals surface area contributed by atoms with Gasteiger partial charge in [0.1, 0.15) is 0 Å². The summed E-state index contributed by atoms with van der Waals surface area (Å²) in [6, 6.07) is 31.8. The summed E-state index contributed by atoms with van der Waals surface area (Å²) in [4.78, 5) is 15.8. The Balaban J connectivity index is 1.66. The maximum atomic E-state index is 13.8. The third kappa shape index (κ3) is 4.76. The van der Waals surface area contributed by atoms with Crippen LogP contribution in [0.3, 0.4) is 0 Å². The number of rotatable bonds is 7. The summed E-state index contributed by atoms with van der Waals surface area (Å²) in [5.74, 6) is -0.101. The van der Waals surface area contributed by atoms with Crippen LogP contribution >= 0.6 is 0 Å². The number of benzene rings is 3. The Bertz CT molecular complexity index is 1190. The van der Waals surface area contributed by atoms with Gasteiger partial charge in [-0.1, -0.05) is 112 Å². The summed E-state index contributed by atoms with van der Waals surface area (Å²) in [5, 5.41) is 2.25. The molecular weight excluding hydrogens is 486 g/mol. The van der Waals surface area contributed by atoms with E-state index in [0.29, 0.717) is 0 Å². The molecular formula is C33H41NO3Si. The molecule has 2 heterocycles. The van der Waals surface area contributed by atoms with E-state index < -0.39 is 8.32 Å². The molecule has 0 radical (unpaired) electrons. The van der Waals surface area contributed by atoms with Crippen LogP contribution in [0.5, 0.6) is 0 Å². The van der Waals surface area contributed by atoms with Gasteiger partial charge in [0.15, 0.2) is 0 Å². The smallest absolute Gasteiger partial charge is 0.261 e. The third-order valence-electron chi connectivity index (χ3n) is 8.01. The number of hydrogen-bond donors (Lipinski definition) is 0. The van der Waals surface area contributed by atoms with Crippen LogP contribution in [0.1, 0.15) is 59.6 Å². The van der Waals surface area contributed by atoms with Crippen LogP contribution in [0.2, 0.25) is 5.04 Å². The predicted octanol–water partition coefficient (Wildman–Crippen LogP) is 5.72. The first kappa shape index (κ1) is 26.9. The zero-order valence-corrected chi connectivity index (χ0v) is 24.6. The van der Waals surface area contributed by atoms with Gasteiger partial charge in [0, 0.05) is 6.54 Å². The summed E-state index contributed by atoms with van der Waals surface area (Å²) in [6.07, 6.45) is 0.498. The molecule has 38 heavy (non-hydrogen) atoms. The lowest BCUT2D eigenvalue weighted by molar-refractivity contribution is -0.172. The van der Waals surface area contributed by atoms with Crippen molar-refractivity contribution in [3.05, 3.63) is 96.6 Å². The second-order valence-corrected chi connectivity index (χ2v) is 17.0. The molecule has 1 amide bonds. The summed E-state index contributed by atoms with van der Waals surface area (Å²) < 4.78 is 14.2. The van der Waals surface area contributed by atoms with E-state index in [1.165, 1.54) is 10.4 Å². The number of β-lactam (4-membered cyclic amide) rings is 1. The second-order valence-electron chi connectivity index (χ2n) is 12.7. The Morgan fingerprint density at radius 2 is 1.29 bits per heavy atom. The van der Waals surface area contributed by atoms with Crippen LogP contribution in [-0.2, 0) is 14.0 Å². The fourth-order valence-electron chi connectivity index (χ4n) is 6.49. The molecule has 200 valence electrons. The van der Waals surface area contributed by atoms with E-state index in [0.717, 1.165) is 18.5 Å². The molecule has 2 fully saturated rings. The topological polar surface area (TPSA) is 38.8 Å². The maximum Gasteiger partial charge on any atom is 0.261 e. The van der Waals surface area contributed by atoms with Gasteiger partial charge in [0.2, 0.25) is 5.91 Å². The Morgan fingerprint density at radius 3 is 1.76 bits per heavy atom. The minimum Gasteiger partial charge on any atom is -0.400 e. The van der Waals surface area contributed by atoms with Crippen LogP contribution in [0.25, 0.3) is 0 Å². The Morgan fingerprint density at radius 1 is 0.789 bits per heavy atom. The van der Waals surface area contributed by atoms with Crippen molar-refractivity contribution in [2.75, 3.05) is 6.54 Å².